The summed E-state index contributed by atoms with van der Waals surface area (Å²) in [6, 6.07) is 46.7. The highest BCUT2D eigenvalue weighted by atomic mass is 32.2. The Balaban J connectivity index is 0.569. The summed E-state index contributed by atoms with van der Waals surface area (Å²) in [5.74, 6) is 1.93. The number of para-hydroxylation sites is 2. The van der Waals surface area contributed by atoms with E-state index in [2.05, 4.69) is 139 Å². The van der Waals surface area contributed by atoms with Gasteiger partial charge in [0.15, 0.2) is 12.4 Å². The first kappa shape index (κ1) is 45.3. The van der Waals surface area contributed by atoms with Crippen LogP contribution in [0.4, 0.5) is 22.7 Å². The Morgan fingerprint density at radius 3 is 1.46 bits per heavy atom. The number of carbonyl (C=O) groups excluding carboxylic acids is 2. The Labute approximate surface area is 439 Å². The van der Waals surface area contributed by atoms with Crippen LogP contribution in [0, 0.1) is 0 Å². The number of pyridine rings is 2. The maximum Gasteiger partial charge on any atom is 0.224 e. The number of benzene rings is 6. The number of aryl methyl sites for hydroxylation is 2. The third kappa shape index (κ3) is 7.87. The van der Waals surface area contributed by atoms with E-state index in [1.54, 1.807) is 0 Å². The summed E-state index contributed by atoms with van der Waals surface area (Å²) < 4.78 is 18.2. The van der Waals surface area contributed by atoms with E-state index in [0.29, 0.717) is 12.8 Å². The molecule has 8 heterocycles. The maximum absolute atomic E-state index is 13.4. The Morgan fingerprint density at radius 2 is 0.973 bits per heavy atom. The molecule has 0 radical (unpaired) electrons. The summed E-state index contributed by atoms with van der Waals surface area (Å²) in [5.41, 5.74) is 11.7. The highest BCUT2D eigenvalue weighted by Gasteiger charge is 2.42. The standard InChI is InChI=1S/C62H54N6O4S2/c69-55(25-3-1-11-33-65-35-29-41-57-47(65)19-13-21-49(57)71-51-31-37-67-45-17-7-9-23-53(45)73-61(67)59(41)51)63-43-27-28-44(40-16-6-5-15-39(40)43)64-56(70)26-4-2-12-34-66-36-30-42-58-48(66)20-14-22-50(58)72-52-32-38-68-46-18-8-10-24-54(46)74-62(68)60(42)52/h5-10,13-24,27-30,35-36,51-52H,1-4,11-12,25-26,31-34,37-38H2/p+2. The molecule has 6 aliphatic heterocycles. The zero-order valence-corrected chi connectivity index (χ0v) is 42.8. The van der Waals surface area contributed by atoms with E-state index in [4.69, 9.17) is 9.47 Å². The monoisotopic (exact) mass is 1010 g/mol. The van der Waals surface area contributed by atoms with Gasteiger partial charge in [0.25, 0.3) is 0 Å². The number of hydrogen-bond donors (Lipinski definition) is 2. The fourth-order valence-electron chi connectivity index (χ4n) is 12.3. The van der Waals surface area contributed by atoms with Gasteiger partial charge in [-0.25, -0.2) is 0 Å². The number of ether oxygens (including phenoxy) is 2. The van der Waals surface area contributed by atoms with E-state index >= 15 is 0 Å². The van der Waals surface area contributed by atoms with E-state index in [9.17, 15) is 9.59 Å². The van der Waals surface area contributed by atoms with Crippen molar-refractivity contribution in [2.75, 3.05) is 33.5 Å². The number of carbonyl (C=O) groups is 2. The Bertz CT molecular complexity index is 3460. The molecule has 14 rings (SSSR count). The minimum Gasteiger partial charge on any atom is -0.485 e. The molecule has 0 aliphatic carbocycles. The Hall–Kier alpha value is -7.28. The van der Waals surface area contributed by atoms with E-state index in [1.165, 1.54) is 75.3 Å². The summed E-state index contributed by atoms with van der Waals surface area (Å²) in [4.78, 5) is 34.3. The first-order chi connectivity index (χ1) is 36.5. The van der Waals surface area contributed by atoms with Gasteiger partial charge in [-0.15, -0.1) is 0 Å². The molecular weight excluding hydrogens is 957 g/mol. The normalized spacial score (nSPS) is 17.6. The molecule has 2 N–H and O–H groups in total. The SMILES string of the molecule is O=C(CCCCC[n+]1ccc2c3c(cccc31)OC1CCN3C(=C21)Sc1ccccc13)Nc1ccc(NC(=O)CCCCC[n+]2ccc3c4c(cccc42)OC2CCN4C(=C32)Sc2ccccc24)c2ccccc12. The summed E-state index contributed by atoms with van der Waals surface area (Å²) >= 11 is 3.73. The Kier molecular flexibility index (Phi) is 11.6. The molecular formula is C62H56N6O4S2+2. The third-order valence-corrected chi connectivity index (χ3v) is 18.2. The average Bonchev–Trinajstić information content (AvgIpc) is 4.03. The fourth-order valence-corrected chi connectivity index (χ4v) is 14.9. The molecule has 2 unspecified atom stereocenters. The molecule has 0 fully saturated rings. The van der Waals surface area contributed by atoms with Crippen LogP contribution in [0.1, 0.15) is 75.3 Å². The second-order valence-electron chi connectivity index (χ2n) is 20.2. The van der Waals surface area contributed by atoms with Gasteiger partial charge < -0.3 is 29.9 Å². The van der Waals surface area contributed by atoms with Crippen LogP contribution in [-0.4, -0.2) is 37.1 Å². The first-order valence-electron chi connectivity index (χ1n) is 26.5. The summed E-state index contributed by atoms with van der Waals surface area (Å²) in [6.45, 7) is 3.63. The fraction of sp³-hybridized carbons (Fsp3) is 0.258. The van der Waals surface area contributed by atoms with Crippen molar-refractivity contribution in [3.63, 3.8) is 0 Å². The molecule has 368 valence electrons. The summed E-state index contributed by atoms with van der Waals surface area (Å²) in [6.07, 6.45) is 12.7. The van der Waals surface area contributed by atoms with E-state index in [1.807, 2.05) is 59.9 Å². The van der Waals surface area contributed by atoms with Crippen molar-refractivity contribution in [2.24, 2.45) is 0 Å². The number of thioether (sulfide) groups is 2. The van der Waals surface area contributed by atoms with Gasteiger partial charge in [0, 0.05) is 130 Å². The topological polar surface area (TPSA) is 90.9 Å². The maximum atomic E-state index is 13.4. The summed E-state index contributed by atoms with van der Waals surface area (Å²) in [7, 11) is 0. The number of anilines is 4. The van der Waals surface area contributed by atoms with E-state index in [-0.39, 0.29) is 24.0 Å². The highest BCUT2D eigenvalue weighted by molar-refractivity contribution is 8.04. The minimum absolute atomic E-state index is 0.00318. The Morgan fingerprint density at radius 1 is 0.514 bits per heavy atom. The van der Waals surface area contributed by atoms with Gasteiger partial charge in [-0.1, -0.05) is 84.2 Å². The molecule has 0 bridgehead atoms. The molecule has 2 aromatic heterocycles. The molecule has 6 aliphatic rings. The predicted octanol–water partition coefficient (Wildman–Crippen LogP) is 13.0. The van der Waals surface area contributed by atoms with Gasteiger partial charge in [0.1, 0.15) is 36.8 Å². The molecule has 12 heteroatoms. The summed E-state index contributed by atoms with van der Waals surface area (Å²) in [5, 5.41) is 13.2. The smallest absolute Gasteiger partial charge is 0.224 e. The van der Waals surface area contributed by atoms with Gasteiger partial charge in [0.05, 0.1) is 32.2 Å². The van der Waals surface area contributed by atoms with Crippen LogP contribution in [0.5, 0.6) is 11.5 Å². The van der Waals surface area contributed by atoms with E-state index < -0.39 is 0 Å². The van der Waals surface area contributed by atoms with Crippen molar-refractivity contribution in [1.82, 2.24) is 0 Å². The molecule has 2 atom stereocenters. The lowest BCUT2D eigenvalue weighted by molar-refractivity contribution is -0.672. The van der Waals surface area contributed by atoms with Crippen LogP contribution >= 0.6 is 23.5 Å². The number of nitrogens with zero attached hydrogens (tertiary/aromatic N) is 4. The number of aromatic nitrogens is 2. The lowest BCUT2D eigenvalue weighted by Gasteiger charge is -2.37. The van der Waals surface area contributed by atoms with Gasteiger partial charge >= 0.3 is 0 Å². The second-order valence-corrected chi connectivity index (χ2v) is 22.3. The first-order valence-corrected chi connectivity index (χ1v) is 28.1. The van der Waals surface area contributed by atoms with Crippen LogP contribution < -0.4 is 39.0 Å². The molecule has 74 heavy (non-hydrogen) atoms. The second kappa shape index (κ2) is 18.9. The van der Waals surface area contributed by atoms with Crippen molar-refractivity contribution in [3.8, 4) is 11.5 Å². The van der Waals surface area contributed by atoms with Crippen LogP contribution in [0.2, 0.25) is 0 Å². The molecule has 0 saturated carbocycles. The van der Waals surface area contributed by atoms with Crippen LogP contribution in [0.3, 0.4) is 0 Å². The van der Waals surface area contributed by atoms with Gasteiger partial charge in [-0.3, -0.25) is 9.59 Å². The minimum atomic E-state index is -0.00318. The largest absolute Gasteiger partial charge is 0.485 e. The van der Waals surface area contributed by atoms with Gasteiger partial charge in [-0.05, 0) is 74.2 Å². The third-order valence-electron chi connectivity index (χ3n) is 15.8. The van der Waals surface area contributed by atoms with Crippen LogP contribution in [0.15, 0.2) is 166 Å². The van der Waals surface area contributed by atoms with Crippen molar-refractivity contribution in [1.29, 1.82) is 0 Å². The van der Waals surface area contributed by atoms with Crippen molar-refractivity contribution in [2.45, 2.75) is 99.3 Å². The predicted molar refractivity (Wildman–Crippen MR) is 298 cm³/mol. The molecule has 2 amide bonds. The van der Waals surface area contributed by atoms with E-state index in [0.717, 1.165) is 111 Å². The highest BCUT2D eigenvalue weighted by Crippen LogP contribution is 2.56. The van der Waals surface area contributed by atoms with Gasteiger partial charge in [0.2, 0.25) is 22.8 Å². The van der Waals surface area contributed by atoms with Crippen molar-refractivity contribution >= 4 is 102 Å². The van der Waals surface area contributed by atoms with Gasteiger partial charge in [-0.2, -0.15) is 9.13 Å². The molecule has 0 spiro atoms. The number of amides is 2. The lowest BCUT2D eigenvalue weighted by Crippen LogP contribution is -2.38. The zero-order chi connectivity index (χ0) is 49.3. The number of fused-ring (bicyclic) bond motifs is 11. The lowest BCUT2D eigenvalue weighted by atomic mass is 9.90. The molecule has 10 nitrogen and oxygen atoms in total. The average molecular weight is 1010 g/mol. The number of unbranched alkanes of at least 4 members (excludes halogenated alkanes) is 4. The molecule has 6 aromatic carbocycles. The van der Waals surface area contributed by atoms with Crippen molar-refractivity contribution < 1.29 is 28.2 Å². The van der Waals surface area contributed by atoms with Crippen LogP contribution in [-0.2, 0) is 22.7 Å². The number of rotatable bonds is 14. The quantitative estimate of drug-likeness (QED) is 0.0822. The molecule has 8 aromatic rings. The van der Waals surface area contributed by atoms with Crippen molar-refractivity contribution in [3.05, 3.63) is 167 Å². The molecule has 0 saturated heterocycles. The van der Waals surface area contributed by atoms with Crippen LogP contribution in [0.25, 0.3) is 43.7 Å². The number of hydrogen-bond acceptors (Lipinski definition) is 8. The zero-order valence-electron chi connectivity index (χ0n) is 41.1. The number of nitrogens with one attached hydrogen (secondary N) is 2.